The summed E-state index contributed by atoms with van der Waals surface area (Å²) >= 11 is 0. The van der Waals surface area contributed by atoms with Crippen LogP contribution in [0.25, 0.3) is 0 Å². The van der Waals surface area contributed by atoms with Crippen LogP contribution in [0.1, 0.15) is 24.5 Å². The minimum absolute atomic E-state index is 0.0927. The second kappa shape index (κ2) is 10.1. The van der Waals surface area contributed by atoms with Crippen molar-refractivity contribution >= 4 is 11.8 Å². The van der Waals surface area contributed by atoms with Crippen molar-refractivity contribution in [2.45, 2.75) is 26.3 Å². The molecule has 0 saturated carbocycles. The van der Waals surface area contributed by atoms with Gasteiger partial charge in [-0.25, -0.2) is 4.98 Å². The number of nitrogens with zero attached hydrogens (tertiary/aromatic N) is 1. The van der Waals surface area contributed by atoms with Crippen molar-refractivity contribution in [2.24, 2.45) is 0 Å². The van der Waals surface area contributed by atoms with Crippen molar-refractivity contribution in [2.75, 3.05) is 13.2 Å². The summed E-state index contributed by atoms with van der Waals surface area (Å²) in [4.78, 5) is 27.9. The van der Waals surface area contributed by atoms with Crippen LogP contribution < -0.4 is 15.4 Å². The predicted octanol–water partition coefficient (Wildman–Crippen LogP) is 1.85. The van der Waals surface area contributed by atoms with Crippen LogP contribution in [0.4, 0.5) is 0 Å². The van der Waals surface area contributed by atoms with Crippen LogP contribution in [0.2, 0.25) is 0 Å². The van der Waals surface area contributed by atoms with E-state index in [1.165, 1.54) is 0 Å². The van der Waals surface area contributed by atoms with Crippen LogP contribution in [0.3, 0.4) is 0 Å². The van der Waals surface area contributed by atoms with Gasteiger partial charge in [-0.15, -0.1) is 0 Å². The Kier molecular flexibility index (Phi) is 7.43. The summed E-state index contributed by atoms with van der Waals surface area (Å²) in [6.45, 7) is 3.06. The van der Waals surface area contributed by atoms with Gasteiger partial charge in [0.1, 0.15) is 0 Å². The highest BCUT2D eigenvalue weighted by Crippen LogP contribution is 2.13. The highest BCUT2D eigenvalue weighted by Gasteiger charge is 2.08. The first-order chi connectivity index (χ1) is 12.2. The van der Waals surface area contributed by atoms with Crippen LogP contribution in [-0.2, 0) is 22.6 Å². The molecule has 2 aromatic rings. The van der Waals surface area contributed by atoms with Crippen LogP contribution in [0, 0.1) is 0 Å². The van der Waals surface area contributed by atoms with Gasteiger partial charge in [-0.2, -0.15) is 0 Å². The monoisotopic (exact) mass is 341 g/mol. The van der Waals surface area contributed by atoms with E-state index < -0.39 is 0 Å². The lowest BCUT2D eigenvalue weighted by atomic mass is 10.1. The van der Waals surface area contributed by atoms with Gasteiger partial charge in [0.15, 0.2) is 0 Å². The van der Waals surface area contributed by atoms with Crippen molar-refractivity contribution < 1.29 is 14.3 Å². The molecule has 0 unspecified atom stereocenters. The first-order valence-electron chi connectivity index (χ1n) is 8.33. The third-order valence-corrected chi connectivity index (χ3v) is 3.49. The maximum atomic E-state index is 11.9. The molecule has 2 N–H and O–H groups in total. The molecule has 0 radical (unpaired) electrons. The largest absolute Gasteiger partial charge is 0.478 e. The van der Waals surface area contributed by atoms with E-state index in [1.54, 1.807) is 12.3 Å². The first kappa shape index (κ1) is 18.4. The van der Waals surface area contributed by atoms with E-state index in [1.807, 2.05) is 43.3 Å². The number of benzene rings is 1. The molecule has 1 heterocycles. The lowest BCUT2D eigenvalue weighted by molar-refractivity contribution is -0.122. The Balaban J connectivity index is 1.68. The minimum Gasteiger partial charge on any atom is -0.478 e. The minimum atomic E-state index is -0.133. The summed E-state index contributed by atoms with van der Waals surface area (Å²) in [7, 11) is 0. The second-order valence-corrected chi connectivity index (χ2v) is 5.44. The van der Waals surface area contributed by atoms with E-state index in [9.17, 15) is 9.59 Å². The molecule has 6 nitrogen and oxygen atoms in total. The quantitative estimate of drug-likeness (QED) is 0.729. The summed E-state index contributed by atoms with van der Waals surface area (Å²) in [5.41, 5.74) is 1.77. The van der Waals surface area contributed by atoms with Gasteiger partial charge in [0, 0.05) is 31.3 Å². The Morgan fingerprint density at radius 1 is 1.04 bits per heavy atom. The van der Waals surface area contributed by atoms with Crippen molar-refractivity contribution in [3.05, 3.63) is 59.8 Å². The van der Waals surface area contributed by atoms with Gasteiger partial charge in [0.25, 0.3) is 0 Å². The molecule has 0 saturated heterocycles. The molecule has 0 aliphatic heterocycles. The van der Waals surface area contributed by atoms with Gasteiger partial charge < -0.3 is 15.4 Å². The molecule has 0 spiro atoms. The fourth-order valence-electron chi connectivity index (χ4n) is 2.27. The van der Waals surface area contributed by atoms with Gasteiger partial charge in [-0.1, -0.05) is 36.4 Å². The zero-order valence-electron chi connectivity index (χ0n) is 14.3. The van der Waals surface area contributed by atoms with Crippen LogP contribution in [0.5, 0.6) is 5.88 Å². The zero-order chi connectivity index (χ0) is 17.9. The third kappa shape index (κ3) is 6.63. The van der Waals surface area contributed by atoms with E-state index >= 15 is 0 Å². The van der Waals surface area contributed by atoms with E-state index in [2.05, 4.69) is 15.6 Å². The molecule has 2 rings (SSSR count). The number of hydrogen-bond donors (Lipinski definition) is 2. The number of nitrogens with one attached hydrogen (secondary N) is 2. The van der Waals surface area contributed by atoms with Crippen LogP contribution in [-0.4, -0.2) is 29.9 Å². The van der Waals surface area contributed by atoms with Gasteiger partial charge in [-0.3, -0.25) is 9.59 Å². The summed E-state index contributed by atoms with van der Waals surface area (Å²) in [5.74, 6) is 0.303. The van der Waals surface area contributed by atoms with E-state index in [-0.39, 0.29) is 18.2 Å². The normalized spacial score (nSPS) is 10.1. The molecule has 0 bridgehead atoms. The number of carbonyl (C=O) groups excluding carboxylic acids is 2. The molecule has 0 aliphatic carbocycles. The number of aromatic nitrogens is 1. The van der Waals surface area contributed by atoms with Crippen molar-refractivity contribution in [3.63, 3.8) is 0 Å². The molecular formula is C19H23N3O3. The highest BCUT2D eigenvalue weighted by atomic mass is 16.5. The predicted molar refractivity (Wildman–Crippen MR) is 95.0 cm³/mol. The molecule has 1 aromatic carbocycles. The summed E-state index contributed by atoms with van der Waals surface area (Å²) in [5, 5.41) is 5.57. The summed E-state index contributed by atoms with van der Waals surface area (Å²) < 4.78 is 5.42. The van der Waals surface area contributed by atoms with Gasteiger partial charge in [-0.05, 0) is 18.6 Å². The number of pyridine rings is 1. The third-order valence-electron chi connectivity index (χ3n) is 3.49. The Hall–Kier alpha value is -2.89. The number of ether oxygens (including phenoxy) is 1. The van der Waals surface area contributed by atoms with Gasteiger partial charge in [0.05, 0.1) is 13.0 Å². The molecule has 25 heavy (non-hydrogen) atoms. The number of carbonyl (C=O) groups is 2. The van der Waals surface area contributed by atoms with Gasteiger partial charge in [0.2, 0.25) is 17.7 Å². The van der Waals surface area contributed by atoms with Crippen molar-refractivity contribution in [3.8, 4) is 5.88 Å². The second-order valence-electron chi connectivity index (χ2n) is 5.44. The fourth-order valence-corrected chi connectivity index (χ4v) is 2.27. The topological polar surface area (TPSA) is 80.3 Å². The summed E-state index contributed by atoms with van der Waals surface area (Å²) in [6, 6.07) is 13.2. The Labute approximate surface area is 147 Å². The molecule has 132 valence electrons. The lowest BCUT2D eigenvalue weighted by Crippen LogP contribution is -2.31. The van der Waals surface area contributed by atoms with E-state index in [4.69, 9.17) is 4.74 Å². The van der Waals surface area contributed by atoms with Gasteiger partial charge >= 0.3 is 0 Å². The number of rotatable bonds is 9. The Morgan fingerprint density at radius 3 is 2.60 bits per heavy atom. The molecule has 0 atom stereocenters. The molecular weight excluding hydrogens is 318 g/mol. The highest BCUT2D eigenvalue weighted by molar-refractivity contribution is 5.80. The molecule has 0 aliphatic rings. The SMILES string of the molecule is CCOc1ncccc1CNC(=O)CCNC(=O)Cc1ccccc1. The Bertz CT molecular complexity index is 689. The van der Waals surface area contributed by atoms with Crippen molar-refractivity contribution in [1.29, 1.82) is 0 Å². The Morgan fingerprint density at radius 2 is 1.84 bits per heavy atom. The summed E-state index contributed by atoms with van der Waals surface area (Å²) in [6.07, 6.45) is 2.19. The number of amides is 2. The average molecular weight is 341 g/mol. The van der Waals surface area contributed by atoms with E-state index in [0.29, 0.717) is 32.0 Å². The zero-order valence-corrected chi connectivity index (χ0v) is 14.3. The lowest BCUT2D eigenvalue weighted by Gasteiger charge is -2.10. The molecule has 1 aromatic heterocycles. The maximum Gasteiger partial charge on any atom is 0.224 e. The molecule has 6 heteroatoms. The fraction of sp³-hybridized carbons (Fsp3) is 0.316. The standard InChI is InChI=1S/C19H23N3O3/c1-2-25-19-16(9-6-11-21-19)14-22-17(23)10-12-20-18(24)13-15-7-4-3-5-8-15/h3-9,11H,2,10,12-14H2,1H3,(H,20,24)(H,22,23). The average Bonchev–Trinajstić information content (AvgIpc) is 2.62. The van der Waals surface area contributed by atoms with Crippen LogP contribution in [0.15, 0.2) is 48.7 Å². The molecule has 0 fully saturated rings. The van der Waals surface area contributed by atoms with Crippen LogP contribution >= 0.6 is 0 Å². The smallest absolute Gasteiger partial charge is 0.224 e. The van der Waals surface area contributed by atoms with E-state index in [0.717, 1.165) is 11.1 Å². The first-order valence-corrected chi connectivity index (χ1v) is 8.33. The molecule has 2 amide bonds. The maximum absolute atomic E-state index is 11.9. The number of hydrogen-bond acceptors (Lipinski definition) is 4. The van der Waals surface area contributed by atoms with Crippen molar-refractivity contribution in [1.82, 2.24) is 15.6 Å².